The SMILES string of the molecule is CC(=O)c1sccc1NC(=O)c1ccc(N)c(NC(=O)C(C)(C)C)c1. The van der Waals surface area contributed by atoms with Crippen molar-refractivity contribution in [3.8, 4) is 0 Å². The van der Waals surface area contributed by atoms with Crippen LogP contribution in [0.4, 0.5) is 17.1 Å². The van der Waals surface area contributed by atoms with Crippen LogP contribution >= 0.6 is 11.3 Å². The number of ketones is 1. The van der Waals surface area contributed by atoms with E-state index in [1.54, 1.807) is 44.4 Å². The number of hydrogen-bond acceptors (Lipinski definition) is 5. The number of rotatable bonds is 4. The van der Waals surface area contributed by atoms with E-state index in [0.29, 0.717) is 27.5 Å². The van der Waals surface area contributed by atoms with Crippen LogP contribution < -0.4 is 16.4 Å². The van der Waals surface area contributed by atoms with E-state index >= 15 is 0 Å². The number of thiophene rings is 1. The van der Waals surface area contributed by atoms with Crippen LogP contribution in [-0.2, 0) is 4.79 Å². The first kappa shape index (κ1) is 18.7. The number of hydrogen-bond donors (Lipinski definition) is 3. The highest BCUT2D eigenvalue weighted by Gasteiger charge is 2.22. The summed E-state index contributed by atoms with van der Waals surface area (Å²) in [6, 6.07) is 6.33. The Balaban J connectivity index is 2.23. The second-order valence-corrected chi connectivity index (χ2v) is 7.60. The Morgan fingerprint density at radius 3 is 2.32 bits per heavy atom. The third-order valence-electron chi connectivity index (χ3n) is 3.48. The summed E-state index contributed by atoms with van der Waals surface area (Å²) in [5.74, 6) is -0.693. The molecule has 0 fully saturated rings. The topological polar surface area (TPSA) is 101 Å². The largest absolute Gasteiger partial charge is 0.397 e. The Hall–Kier alpha value is -2.67. The number of nitrogen functional groups attached to an aromatic ring is 1. The minimum absolute atomic E-state index is 0.110. The smallest absolute Gasteiger partial charge is 0.255 e. The Labute approximate surface area is 150 Å². The van der Waals surface area contributed by atoms with Gasteiger partial charge in [0, 0.05) is 17.9 Å². The van der Waals surface area contributed by atoms with Crippen LogP contribution in [0.1, 0.15) is 47.7 Å². The van der Waals surface area contributed by atoms with E-state index in [1.165, 1.54) is 24.3 Å². The minimum Gasteiger partial charge on any atom is -0.397 e. The average Bonchev–Trinajstić information content (AvgIpc) is 2.96. The molecular formula is C18H21N3O3S. The molecule has 0 aliphatic carbocycles. The van der Waals surface area contributed by atoms with Gasteiger partial charge in [0.15, 0.2) is 5.78 Å². The highest BCUT2D eigenvalue weighted by Crippen LogP contribution is 2.26. The zero-order chi connectivity index (χ0) is 18.8. The van der Waals surface area contributed by atoms with Crippen molar-refractivity contribution in [1.82, 2.24) is 0 Å². The lowest BCUT2D eigenvalue weighted by atomic mass is 9.95. The first-order chi connectivity index (χ1) is 11.6. The van der Waals surface area contributed by atoms with Gasteiger partial charge in [-0.25, -0.2) is 0 Å². The van der Waals surface area contributed by atoms with Gasteiger partial charge >= 0.3 is 0 Å². The summed E-state index contributed by atoms with van der Waals surface area (Å²) in [5.41, 5.74) is 6.86. The highest BCUT2D eigenvalue weighted by molar-refractivity contribution is 7.12. The number of nitrogens with two attached hydrogens (primary N) is 1. The summed E-state index contributed by atoms with van der Waals surface area (Å²) < 4.78 is 0. The van der Waals surface area contributed by atoms with Gasteiger partial charge in [-0.15, -0.1) is 11.3 Å². The molecule has 2 rings (SSSR count). The number of Topliss-reactive ketones (excluding diaryl/α,β-unsaturated/α-hetero) is 1. The summed E-state index contributed by atoms with van der Waals surface area (Å²) >= 11 is 1.27. The molecule has 1 heterocycles. The monoisotopic (exact) mass is 359 g/mol. The molecule has 7 heteroatoms. The van der Waals surface area contributed by atoms with E-state index in [-0.39, 0.29) is 17.6 Å². The second-order valence-electron chi connectivity index (χ2n) is 6.68. The molecule has 0 spiro atoms. The maximum absolute atomic E-state index is 12.5. The fraction of sp³-hybridized carbons (Fsp3) is 0.278. The van der Waals surface area contributed by atoms with Crippen LogP contribution in [0.25, 0.3) is 0 Å². The van der Waals surface area contributed by atoms with Crippen molar-refractivity contribution in [1.29, 1.82) is 0 Å². The quantitative estimate of drug-likeness (QED) is 0.571. The van der Waals surface area contributed by atoms with Crippen molar-refractivity contribution < 1.29 is 14.4 Å². The van der Waals surface area contributed by atoms with Gasteiger partial charge in [-0.1, -0.05) is 20.8 Å². The van der Waals surface area contributed by atoms with Crippen LogP contribution in [0, 0.1) is 5.41 Å². The van der Waals surface area contributed by atoms with Crippen molar-refractivity contribution in [3.63, 3.8) is 0 Å². The lowest BCUT2D eigenvalue weighted by Crippen LogP contribution is -2.28. The van der Waals surface area contributed by atoms with E-state index in [1.807, 2.05) is 0 Å². The van der Waals surface area contributed by atoms with Gasteiger partial charge in [0.05, 0.1) is 21.9 Å². The Bertz CT molecular complexity index is 834. The summed E-state index contributed by atoms with van der Waals surface area (Å²) in [7, 11) is 0. The summed E-state index contributed by atoms with van der Waals surface area (Å²) in [6.07, 6.45) is 0. The van der Waals surface area contributed by atoms with Crippen molar-refractivity contribution in [2.24, 2.45) is 5.41 Å². The van der Waals surface area contributed by atoms with Gasteiger partial charge in [0.2, 0.25) is 5.91 Å². The molecule has 0 bridgehead atoms. The van der Waals surface area contributed by atoms with Crippen LogP contribution in [0.15, 0.2) is 29.6 Å². The van der Waals surface area contributed by atoms with Crippen molar-refractivity contribution in [3.05, 3.63) is 40.1 Å². The molecule has 0 atom stereocenters. The fourth-order valence-electron chi connectivity index (χ4n) is 1.99. The van der Waals surface area contributed by atoms with Crippen LogP contribution in [0.5, 0.6) is 0 Å². The lowest BCUT2D eigenvalue weighted by molar-refractivity contribution is -0.123. The van der Waals surface area contributed by atoms with E-state index < -0.39 is 5.41 Å². The van der Waals surface area contributed by atoms with Crippen molar-refractivity contribution >= 4 is 46.0 Å². The second kappa shape index (κ2) is 7.06. The molecule has 1 aromatic heterocycles. The third kappa shape index (κ3) is 4.45. The van der Waals surface area contributed by atoms with Crippen molar-refractivity contribution in [2.45, 2.75) is 27.7 Å². The van der Waals surface area contributed by atoms with Crippen LogP contribution in [-0.4, -0.2) is 17.6 Å². The van der Waals surface area contributed by atoms with E-state index in [9.17, 15) is 14.4 Å². The summed E-state index contributed by atoms with van der Waals surface area (Å²) in [6.45, 7) is 6.81. The zero-order valence-corrected chi connectivity index (χ0v) is 15.4. The standard InChI is InChI=1S/C18H21N3O3S/c1-10(22)15-13(7-8-25-15)20-16(23)11-5-6-12(19)14(9-11)21-17(24)18(2,3)4/h5-9H,19H2,1-4H3,(H,20,23)(H,21,24). The molecule has 132 valence electrons. The van der Waals surface area contributed by atoms with Gasteiger partial charge in [0.1, 0.15) is 0 Å². The molecule has 4 N–H and O–H groups in total. The highest BCUT2D eigenvalue weighted by atomic mass is 32.1. The summed E-state index contributed by atoms with van der Waals surface area (Å²) in [5, 5.41) is 7.19. The Kier molecular flexibility index (Phi) is 5.27. The predicted octanol–water partition coefficient (Wildman–Crippen LogP) is 3.77. The number of benzene rings is 1. The van der Waals surface area contributed by atoms with Crippen LogP contribution in [0.2, 0.25) is 0 Å². The molecule has 6 nitrogen and oxygen atoms in total. The van der Waals surface area contributed by atoms with E-state index in [4.69, 9.17) is 5.73 Å². The average molecular weight is 359 g/mol. The maximum Gasteiger partial charge on any atom is 0.255 e. The zero-order valence-electron chi connectivity index (χ0n) is 14.6. The number of anilines is 3. The molecule has 0 aliphatic heterocycles. The Morgan fingerprint density at radius 1 is 1.04 bits per heavy atom. The maximum atomic E-state index is 12.5. The molecule has 0 saturated heterocycles. The number of amides is 2. The minimum atomic E-state index is -0.586. The molecule has 2 aromatic rings. The molecule has 25 heavy (non-hydrogen) atoms. The van der Waals surface area contributed by atoms with Gasteiger partial charge in [-0.2, -0.15) is 0 Å². The number of carbonyl (C=O) groups is 3. The van der Waals surface area contributed by atoms with Gasteiger partial charge in [-0.05, 0) is 29.6 Å². The first-order valence-corrected chi connectivity index (χ1v) is 8.58. The third-order valence-corrected chi connectivity index (χ3v) is 4.49. The molecule has 2 amide bonds. The number of carbonyl (C=O) groups excluding carboxylic acids is 3. The predicted molar refractivity (Wildman–Crippen MR) is 101 cm³/mol. The molecule has 0 saturated carbocycles. The Morgan fingerprint density at radius 2 is 1.72 bits per heavy atom. The van der Waals surface area contributed by atoms with Gasteiger partial charge in [-0.3, -0.25) is 14.4 Å². The molecule has 0 aliphatic rings. The van der Waals surface area contributed by atoms with E-state index in [0.717, 1.165) is 0 Å². The van der Waals surface area contributed by atoms with E-state index in [2.05, 4.69) is 10.6 Å². The molecule has 0 unspecified atom stereocenters. The number of nitrogens with one attached hydrogen (secondary N) is 2. The fourth-order valence-corrected chi connectivity index (χ4v) is 2.74. The summed E-state index contributed by atoms with van der Waals surface area (Å²) in [4.78, 5) is 36.6. The molecular weight excluding hydrogens is 338 g/mol. The lowest BCUT2D eigenvalue weighted by Gasteiger charge is -2.19. The van der Waals surface area contributed by atoms with Crippen molar-refractivity contribution in [2.75, 3.05) is 16.4 Å². The molecule has 1 aromatic carbocycles. The molecule has 0 radical (unpaired) electrons. The normalized spacial score (nSPS) is 11.0. The van der Waals surface area contributed by atoms with Gasteiger partial charge in [0.25, 0.3) is 5.91 Å². The van der Waals surface area contributed by atoms with Gasteiger partial charge < -0.3 is 16.4 Å². The van der Waals surface area contributed by atoms with Crippen LogP contribution in [0.3, 0.4) is 0 Å². The first-order valence-electron chi connectivity index (χ1n) is 7.70.